The molecule has 0 aliphatic rings. The van der Waals surface area contributed by atoms with Gasteiger partial charge < -0.3 is 16.4 Å². The van der Waals surface area contributed by atoms with Crippen LogP contribution in [0, 0.1) is 0 Å². The first-order chi connectivity index (χ1) is 9.01. The lowest BCUT2D eigenvalue weighted by Crippen LogP contribution is -2.47. The third-order valence-corrected chi connectivity index (χ3v) is 2.81. The number of nitrogens with two attached hydrogens (primary N) is 1. The molecule has 0 radical (unpaired) electrons. The van der Waals surface area contributed by atoms with Gasteiger partial charge in [0.05, 0.1) is 6.42 Å². The largest absolute Gasteiger partial charge is 0.370 e. The van der Waals surface area contributed by atoms with Crippen LogP contribution in [0.4, 0.5) is 0 Å². The molecule has 110 valence electrons. The number of hydrogen-bond acceptors (Lipinski definition) is 3. The molecular formula is C13H25N3O3. The van der Waals surface area contributed by atoms with Crippen LogP contribution in [-0.4, -0.2) is 30.8 Å². The molecule has 0 heterocycles. The van der Waals surface area contributed by atoms with Crippen molar-refractivity contribution in [2.75, 3.05) is 7.05 Å². The number of carbonyl (C=O) groups excluding carboxylic acids is 3. The van der Waals surface area contributed by atoms with Crippen LogP contribution in [-0.2, 0) is 14.4 Å². The fourth-order valence-electron chi connectivity index (χ4n) is 1.74. The summed E-state index contributed by atoms with van der Waals surface area (Å²) in [7, 11) is 1.45. The van der Waals surface area contributed by atoms with Crippen LogP contribution in [0.3, 0.4) is 0 Å². The van der Waals surface area contributed by atoms with E-state index in [9.17, 15) is 14.4 Å². The van der Waals surface area contributed by atoms with Crippen molar-refractivity contribution in [3.8, 4) is 0 Å². The van der Waals surface area contributed by atoms with Gasteiger partial charge in [-0.1, -0.05) is 32.6 Å². The summed E-state index contributed by atoms with van der Waals surface area (Å²) in [6.45, 7) is 2.13. The van der Waals surface area contributed by atoms with Crippen LogP contribution in [0.1, 0.15) is 51.9 Å². The van der Waals surface area contributed by atoms with Crippen molar-refractivity contribution >= 4 is 17.7 Å². The van der Waals surface area contributed by atoms with E-state index in [0.717, 1.165) is 25.7 Å². The minimum Gasteiger partial charge on any atom is -0.370 e. The Kier molecular flexibility index (Phi) is 9.48. The van der Waals surface area contributed by atoms with Gasteiger partial charge in [-0.15, -0.1) is 0 Å². The van der Waals surface area contributed by atoms with Crippen LogP contribution >= 0.6 is 0 Å². The molecule has 1 atom stereocenters. The highest BCUT2D eigenvalue weighted by molar-refractivity contribution is 5.91. The van der Waals surface area contributed by atoms with Gasteiger partial charge in [-0.2, -0.15) is 0 Å². The van der Waals surface area contributed by atoms with Crippen molar-refractivity contribution < 1.29 is 14.4 Å². The Morgan fingerprint density at radius 2 is 1.74 bits per heavy atom. The Labute approximate surface area is 114 Å². The van der Waals surface area contributed by atoms with Crippen molar-refractivity contribution in [3.05, 3.63) is 0 Å². The molecule has 0 aliphatic heterocycles. The lowest BCUT2D eigenvalue weighted by molar-refractivity contribution is -0.130. The Bertz CT molecular complexity index is 306. The first-order valence-electron chi connectivity index (χ1n) is 6.80. The van der Waals surface area contributed by atoms with Crippen molar-refractivity contribution in [1.82, 2.24) is 10.6 Å². The van der Waals surface area contributed by atoms with Crippen LogP contribution in [0.5, 0.6) is 0 Å². The zero-order chi connectivity index (χ0) is 14.7. The van der Waals surface area contributed by atoms with Crippen molar-refractivity contribution in [1.29, 1.82) is 0 Å². The van der Waals surface area contributed by atoms with E-state index in [1.165, 1.54) is 13.5 Å². The van der Waals surface area contributed by atoms with Gasteiger partial charge in [-0.05, 0) is 6.42 Å². The van der Waals surface area contributed by atoms with Crippen LogP contribution < -0.4 is 16.4 Å². The summed E-state index contributed by atoms with van der Waals surface area (Å²) >= 11 is 0. The quantitative estimate of drug-likeness (QED) is 0.503. The number of carbonyl (C=O) groups is 3. The Morgan fingerprint density at radius 3 is 2.26 bits per heavy atom. The molecule has 6 nitrogen and oxygen atoms in total. The summed E-state index contributed by atoms with van der Waals surface area (Å²) in [6, 6.07) is -0.870. The molecule has 0 saturated heterocycles. The van der Waals surface area contributed by atoms with Gasteiger partial charge in [0, 0.05) is 13.5 Å². The second-order valence-electron chi connectivity index (χ2n) is 4.57. The molecular weight excluding hydrogens is 246 g/mol. The minimum absolute atomic E-state index is 0.179. The summed E-state index contributed by atoms with van der Waals surface area (Å²) < 4.78 is 0. The van der Waals surface area contributed by atoms with Gasteiger partial charge in [-0.3, -0.25) is 14.4 Å². The molecule has 0 aromatic heterocycles. The number of unbranched alkanes of at least 4 members (excludes halogenated alkanes) is 4. The van der Waals surface area contributed by atoms with E-state index in [2.05, 4.69) is 17.6 Å². The van der Waals surface area contributed by atoms with E-state index >= 15 is 0 Å². The Balaban J connectivity index is 4.02. The molecule has 6 heteroatoms. The first-order valence-corrected chi connectivity index (χ1v) is 6.80. The molecule has 0 saturated carbocycles. The van der Waals surface area contributed by atoms with E-state index < -0.39 is 17.9 Å². The summed E-state index contributed by atoms with van der Waals surface area (Å²) in [5.74, 6) is -1.23. The van der Waals surface area contributed by atoms with Gasteiger partial charge >= 0.3 is 0 Å². The second kappa shape index (κ2) is 10.3. The molecule has 0 aromatic carbocycles. The maximum Gasteiger partial charge on any atom is 0.242 e. The fourth-order valence-corrected chi connectivity index (χ4v) is 1.74. The molecule has 0 aliphatic carbocycles. The number of hydrogen-bond donors (Lipinski definition) is 3. The monoisotopic (exact) mass is 271 g/mol. The maximum atomic E-state index is 11.6. The van der Waals surface area contributed by atoms with Crippen molar-refractivity contribution in [2.45, 2.75) is 57.9 Å². The first kappa shape index (κ1) is 17.4. The lowest BCUT2D eigenvalue weighted by Gasteiger charge is -2.15. The molecule has 0 spiro atoms. The lowest BCUT2D eigenvalue weighted by atomic mass is 10.1. The average molecular weight is 271 g/mol. The highest BCUT2D eigenvalue weighted by atomic mass is 16.2. The van der Waals surface area contributed by atoms with Crippen LogP contribution in [0.15, 0.2) is 0 Å². The number of amides is 3. The smallest absolute Gasteiger partial charge is 0.242 e. The van der Waals surface area contributed by atoms with Crippen LogP contribution in [0.25, 0.3) is 0 Å². The van der Waals surface area contributed by atoms with E-state index in [-0.39, 0.29) is 12.3 Å². The van der Waals surface area contributed by atoms with Gasteiger partial charge in [0.1, 0.15) is 6.04 Å². The zero-order valence-corrected chi connectivity index (χ0v) is 11.8. The number of rotatable bonds is 10. The maximum absolute atomic E-state index is 11.6. The molecule has 3 amide bonds. The molecule has 0 unspecified atom stereocenters. The van der Waals surface area contributed by atoms with E-state index in [1.807, 2.05) is 0 Å². The fraction of sp³-hybridized carbons (Fsp3) is 0.769. The van der Waals surface area contributed by atoms with Gasteiger partial charge in [0.15, 0.2) is 0 Å². The predicted molar refractivity (Wildman–Crippen MR) is 73.2 cm³/mol. The summed E-state index contributed by atoms with van der Waals surface area (Å²) in [4.78, 5) is 33.9. The SMILES string of the molecule is CCCCCCCC(=O)N[C@H](CC(N)=O)C(=O)NC. The van der Waals surface area contributed by atoms with Gasteiger partial charge in [-0.25, -0.2) is 0 Å². The highest BCUT2D eigenvalue weighted by Gasteiger charge is 2.21. The van der Waals surface area contributed by atoms with Crippen molar-refractivity contribution in [3.63, 3.8) is 0 Å². The number of likely N-dealkylation sites (N-methyl/N-ethyl adjacent to an activating group) is 1. The number of primary amides is 1. The van der Waals surface area contributed by atoms with E-state index in [0.29, 0.717) is 6.42 Å². The molecule has 0 bridgehead atoms. The Hall–Kier alpha value is -1.59. The van der Waals surface area contributed by atoms with E-state index in [1.54, 1.807) is 0 Å². The van der Waals surface area contributed by atoms with Crippen LogP contribution in [0.2, 0.25) is 0 Å². The topological polar surface area (TPSA) is 101 Å². The highest BCUT2D eigenvalue weighted by Crippen LogP contribution is 2.05. The molecule has 0 fully saturated rings. The Morgan fingerprint density at radius 1 is 1.11 bits per heavy atom. The number of nitrogens with one attached hydrogen (secondary N) is 2. The van der Waals surface area contributed by atoms with Gasteiger partial charge in [0.25, 0.3) is 0 Å². The average Bonchev–Trinajstić information content (AvgIpc) is 2.36. The third kappa shape index (κ3) is 9.04. The molecule has 19 heavy (non-hydrogen) atoms. The van der Waals surface area contributed by atoms with Gasteiger partial charge in [0.2, 0.25) is 17.7 Å². The zero-order valence-electron chi connectivity index (χ0n) is 11.8. The minimum atomic E-state index is -0.870. The normalized spacial score (nSPS) is 11.7. The second-order valence-corrected chi connectivity index (χ2v) is 4.57. The molecule has 0 aromatic rings. The molecule has 4 N–H and O–H groups in total. The summed E-state index contributed by atoms with van der Waals surface area (Å²) in [5, 5.41) is 4.94. The summed E-state index contributed by atoms with van der Waals surface area (Å²) in [6.07, 6.45) is 5.43. The van der Waals surface area contributed by atoms with Crippen molar-refractivity contribution in [2.24, 2.45) is 5.73 Å². The standard InChI is InChI=1S/C13H25N3O3/c1-3-4-5-6-7-8-12(18)16-10(9-11(14)17)13(19)15-2/h10H,3-9H2,1-2H3,(H2,14,17)(H,15,19)(H,16,18)/t10-/m1/s1. The third-order valence-electron chi connectivity index (χ3n) is 2.81. The predicted octanol–water partition coefficient (Wildman–Crippen LogP) is 0.453. The summed E-state index contributed by atoms with van der Waals surface area (Å²) in [5.41, 5.74) is 5.05. The van der Waals surface area contributed by atoms with E-state index in [4.69, 9.17) is 5.73 Å². The molecule has 0 rings (SSSR count).